The average Bonchev–Trinajstić information content (AvgIpc) is 3.22. The molecule has 0 unspecified atom stereocenters. The van der Waals surface area contributed by atoms with Gasteiger partial charge in [0.25, 0.3) is 0 Å². The van der Waals surface area contributed by atoms with Crippen molar-refractivity contribution in [2.24, 2.45) is 0 Å². The number of pyridine rings is 1. The third-order valence-corrected chi connectivity index (χ3v) is 5.14. The van der Waals surface area contributed by atoms with Crippen LogP contribution in [0.1, 0.15) is 16.8 Å². The summed E-state index contributed by atoms with van der Waals surface area (Å²) >= 11 is 0. The molecule has 0 atom stereocenters. The zero-order valence-electron chi connectivity index (χ0n) is 17.5. The van der Waals surface area contributed by atoms with Gasteiger partial charge in [-0.05, 0) is 67.9 Å². The predicted octanol–water partition coefficient (Wildman–Crippen LogP) is 4.39. The summed E-state index contributed by atoms with van der Waals surface area (Å²) in [5.74, 6) is 0.249. The molecule has 4 aromatic rings. The van der Waals surface area contributed by atoms with E-state index in [4.69, 9.17) is 4.74 Å². The molecule has 0 radical (unpaired) electrons. The number of halogens is 1. The Morgan fingerprint density at radius 3 is 2.50 bits per heavy atom. The molecule has 2 heterocycles. The van der Waals surface area contributed by atoms with E-state index in [9.17, 15) is 4.39 Å². The molecule has 2 aromatic heterocycles. The summed E-state index contributed by atoms with van der Waals surface area (Å²) in [7, 11) is 5.67. The van der Waals surface area contributed by atoms with Crippen LogP contribution in [-0.2, 0) is 19.4 Å². The van der Waals surface area contributed by atoms with E-state index in [2.05, 4.69) is 65.6 Å². The minimum atomic E-state index is -0.285. The molecule has 0 aliphatic rings. The first kappa shape index (κ1) is 20.0. The molecular formula is C24H25FN4O. The molecule has 2 aromatic carbocycles. The molecular weight excluding hydrogens is 379 g/mol. The van der Waals surface area contributed by atoms with Crippen LogP contribution in [0.5, 0.6) is 5.75 Å². The largest absolute Gasteiger partial charge is 0.497 e. The predicted molar refractivity (Wildman–Crippen MR) is 116 cm³/mol. The van der Waals surface area contributed by atoms with Crippen LogP contribution in [0.4, 0.5) is 4.39 Å². The second-order valence-electron chi connectivity index (χ2n) is 7.70. The topological polar surface area (TPSA) is 42.7 Å². The Morgan fingerprint density at radius 1 is 0.967 bits per heavy atom. The van der Waals surface area contributed by atoms with Gasteiger partial charge >= 0.3 is 0 Å². The van der Waals surface area contributed by atoms with Crippen molar-refractivity contribution in [3.8, 4) is 16.9 Å². The van der Waals surface area contributed by atoms with Crippen LogP contribution in [-0.4, -0.2) is 40.7 Å². The fraction of sp³-hybridized carbons (Fsp3) is 0.250. The number of hydrogen-bond donors (Lipinski definition) is 0. The van der Waals surface area contributed by atoms with Gasteiger partial charge in [0.2, 0.25) is 0 Å². The number of nitrogens with zero attached hydrogens (tertiary/aromatic N) is 4. The van der Waals surface area contributed by atoms with Gasteiger partial charge in [-0.25, -0.2) is 4.39 Å². The molecule has 0 aliphatic carbocycles. The lowest BCUT2D eigenvalue weighted by Gasteiger charge is -2.12. The van der Waals surface area contributed by atoms with Crippen molar-refractivity contribution in [2.45, 2.75) is 19.4 Å². The van der Waals surface area contributed by atoms with Crippen LogP contribution < -0.4 is 4.74 Å². The van der Waals surface area contributed by atoms with E-state index < -0.39 is 0 Å². The standard InChI is InChI=1S/C24H25FN4O/c1-28(2)15-17-4-7-19(8-5-17)23-11-10-21(29-16-26-27-24(23)29)9-6-18-12-20(25)14-22(13-18)30-3/h4-5,7-8,10-14,16H,6,9,15H2,1-3H3. The van der Waals surface area contributed by atoms with Crippen LogP contribution in [0.25, 0.3) is 16.8 Å². The third-order valence-electron chi connectivity index (χ3n) is 5.14. The summed E-state index contributed by atoms with van der Waals surface area (Å²) in [5.41, 5.74) is 6.21. The van der Waals surface area contributed by atoms with Gasteiger partial charge in [0.1, 0.15) is 17.9 Å². The highest BCUT2D eigenvalue weighted by Crippen LogP contribution is 2.26. The number of rotatable bonds is 7. The van der Waals surface area contributed by atoms with Crippen molar-refractivity contribution < 1.29 is 9.13 Å². The SMILES string of the molecule is COc1cc(F)cc(CCc2ccc(-c3ccc(CN(C)C)cc3)c3nncn23)c1. The monoisotopic (exact) mass is 404 g/mol. The Hall–Kier alpha value is -3.25. The molecule has 154 valence electrons. The van der Waals surface area contributed by atoms with Crippen molar-refractivity contribution in [3.63, 3.8) is 0 Å². The Morgan fingerprint density at radius 2 is 1.77 bits per heavy atom. The van der Waals surface area contributed by atoms with Crippen LogP contribution in [0, 0.1) is 5.82 Å². The van der Waals surface area contributed by atoms with Gasteiger partial charge in [-0.15, -0.1) is 10.2 Å². The Kier molecular flexibility index (Phi) is 5.77. The first-order chi connectivity index (χ1) is 14.5. The number of aryl methyl sites for hydroxylation is 2. The molecule has 5 nitrogen and oxygen atoms in total. The minimum absolute atomic E-state index is 0.285. The second-order valence-corrected chi connectivity index (χ2v) is 7.70. The van der Waals surface area contributed by atoms with E-state index in [1.807, 2.05) is 10.5 Å². The second kappa shape index (κ2) is 8.63. The van der Waals surface area contributed by atoms with Crippen LogP contribution >= 0.6 is 0 Å². The molecule has 30 heavy (non-hydrogen) atoms. The van der Waals surface area contributed by atoms with Crippen molar-refractivity contribution in [2.75, 3.05) is 21.2 Å². The maximum absolute atomic E-state index is 13.8. The number of benzene rings is 2. The number of aromatic nitrogens is 3. The summed E-state index contributed by atoms with van der Waals surface area (Å²) in [6, 6.07) is 17.5. The van der Waals surface area contributed by atoms with Gasteiger partial charge in [-0.3, -0.25) is 4.40 Å². The van der Waals surface area contributed by atoms with Crippen LogP contribution in [0.15, 0.2) is 60.9 Å². The summed E-state index contributed by atoms with van der Waals surface area (Å²) < 4.78 is 21.0. The van der Waals surface area contributed by atoms with Crippen molar-refractivity contribution in [3.05, 3.63) is 83.6 Å². The molecule has 0 spiro atoms. The molecule has 0 saturated heterocycles. The fourth-order valence-electron chi connectivity index (χ4n) is 3.70. The van der Waals surface area contributed by atoms with Crippen molar-refractivity contribution in [1.82, 2.24) is 19.5 Å². The highest BCUT2D eigenvalue weighted by molar-refractivity contribution is 5.77. The molecule has 0 N–H and O–H groups in total. The zero-order valence-corrected chi connectivity index (χ0v) is 17.5. The van der Waals surface area contributed by atoms with Gasteiger partial charge < -0.3 is 9.64 Å². The molecule has 0 amide bonds. The van der Waals surface area contributed by atoms with Crippen molar-refractivity contribution >= 4 is 5.65 Å². The lowest BCUT2D eigenvalue weighted by atomic mass is 10.0. The summed E-state index contributed by atoms with van der Waals surface area (Å²) in [5, 5.41) is 8.48. The van der Waals surface area contributed by atoms with E-state index in [0.717, 1.165) is 41.0 Å². The zero-order chi connectivity index (χ0) is 21.1. The van der Waals surface area contributed by atoms with Crippen LogP contribution in [0.3, 0.4) is 0 Å². The first-order valence-electron chi connectivity index (χ1n) is 9.92. The van der Waals surface area contributed by atoms with Gasteiger partial charge in [-0.1, -0.05) is 24.3 Å². The van der Waals surface area contributed by atoms with Gasteiger partial charge in [0.15, 0.2) is 5.65 Å². The lowest BCUT2D eigenvalue weighted by Crippen LogP contribution is -2.10. The van der Waals surface area contributed by atoms with Crippen molar-refractivity contribution in [1.29, 1.82) is 0 Å². The van der Waals surface area contributed by atoms with E-state index in [1.165, 1.54) is 11.6 Å². The quantitative estimate of drug-likeness (QED) is 0.458. The van der Waals surface area contributed by atoms with Gasteiger partial charge in [0, 0.05) is 23.9 Å². The summed E-state index contributed by atoms with van der Waals surface area (Å²) in [6.45, 7) is 0.907. The third kappa shape index (κ3) is 4.33. The van der Waals surface area contributed by atoms with Gasteiger partial charge in [0.05, 0.1) is 7.11 Å². The Bertz CT molecular complexity index is 1150. The Balaban J connectivity index is 1.59. The van der Waals surface area contributed by atoms with E-state index in [1.54, 1.807) is 19.5 Å². The maximum atomic E-state index is 13.8. The van der Waals surface area contributed by atoms with Crippen LogP contribution in [0.2, 0.25) is 0 Å². The molecule has 6 heteroatoms. The normalized spacial score (nSPS) is 11.4. The number of ether oxygens (including phenoxy) is 1. The number of hydrogen-bond acceptors (Lipinski definition) is 4. The lowest BCUT2D eigenvalue weighted by molar-refractivity contribution is 0.402. The first-order valence-corrected chi connectivity index (χ1v) is 9.92. The molecule has 0 aliphatic heterocycles. The fourth-order valence-corrected chi connectivity index (χ4v) is 3.70. The average molecular weight is 404 g/mol. The summed E-state index contributed by atoms with van der Waals surface area (Å²) in [4.78, 5) is 2.15. The molecule has 4 rings (SSSR count). The minimum Gasteiger partial charge on any atom is -0.497 e. The molecule has 0 fully saturated rings. The Labute approximate surface area is 175 Å². The number of fused-ring (bicyclic) bond motifs is 1. The van der Waals surface area contributed by atoms with E-state index in [-0.39, 0.29) is 5.82 Å². The molecule has 0 bridgehead atoms. The number of methoxy groups -OCH3 is 1. The smallest absolute Gasteiger partial charge is 0.168 e. The van der Waals surface area contributed by atoms with E-state index >= 15 is 0 Å². The highest BCUT2D eigenvalue weighted by Gasteiger charge is 2.11. The molecule has 0 saturated carbocycles. The summed E-state index contributed by atoms with van der Waals surface area (Å²) in [6.07, 6.45) is 3.17. The highest BCUT2D eigenvalue weighted by atomic mass is 19.1. The maximum Gasteiger partial charge on any atom is 0.168 e. The van der Waals surface area contributed by atoms with E-state index in [0.29, 0.717) is 12.2 Å². The van der Waals surface area contributed by atoms with Gasteiger partial charge in [-0.2, -0.15) is 0 Å².